The molecule has 2 heterocycles. The van der Waals surface area contributed by atoms with Crippen LogP contribution in [0.25, 0.3) is 0 Å². The number of rotatable bonds is 4. The third-order valence-electron chi connectivity index (χ3n) is 3.74. The second-order valence-corrected chi connectivity index (χ2v) is 7.07. The number of nitrogens with one attached hydrogen (secondary N) is 1. The predicted octanol–water partition coefficient (Wildman–Crippen LogP) is 0.761. The topological polar surface area (TPSA) is 49.4 Å². The van der Waals surface area contributed by atoms with E-state index in [0.29, 0.717) is 6.04 Å². The van der Waals surface area contributed by atoms with Crippen molar-refractivity contribution < 1.29 is 8.42 Å². The predicted molar refractivity (Wildman–Crippen MR) is 69.6 cm³/mol. The van der Waals surface area contributed by atoms with Crippen molar-refractivity contribution in [1.29, 1.82) is 0 Å². The Hall–Kier alpha value is -0.390. The van der Waals surface area contributed by atoms with Crippen LogP contribution in [0.2, 0.25) is 0 Å². The highest BCUT2D eigenvalue weighted by molar-refractivity contribution is 7.94. The first-order chi connectivity index (χ1) is 8.07. The molecule has 2 rings (SSSR count). The van der Waals surface area contributed by atoms with Crippen LogP contribution in [0.5, 0.6) is 0 Å². The van der Waals surface area contributed by atoms with Gasteiger partial charge in [-0.25, -0.2) is 8.42 Å². The van der Waals surface area contributed by atoms with Crippen LogP contribution >= 0.6 is 0 Å². The summed E-state index contributed by atoms with van der Waals surface area (Å²) in [5.41, 5.74) is 0. The fourth-order valence-corrected chi connectivity index (χ4v) is 3.92. The average molecular weight is 258 g/mol. The minimum absolute atomic E-state index is 0.0221. The Labute approximate surface area is 104 Å². The maximum absolute atomic E-state index is 11.2. The summed E-state index contributed by atoms with van der Waals surface area (Å²) in [7, 11) is -0.731. The van der Waals surface area contributed by atoms with Crippen LogP contribution < -0.4 is 5.32 Å². The molecule has 98 valence electrons. The molecule has 5 heteroatoms. The highest BCUT2D eigenvalue weighted by Gasteiger charge is 2.22. The van der Waals surface area contributed by atoms with Gasteiger partial charge in [-0.1, -0.05) is 12.5 Å². The molecule has 0 aliphatic carbocycles. The Kier molecular flexibility index (Phi) is 4.22. The second kappa shape index (κ2) is 5.50. The summed E-state index contributed by atoms with van der Waals surface area (Å²) in [4.78, 5) is 2.42. The summed E-state index contributed by atoms with van der Waals surface area (Å²) in [6.07, 6.45) is 6.79. The highest BCUT2D eigenvalue weighted by atomic mass is 32.2. The molecule has 0 radical (unpaired) electrons. The fourth-order valence-electron chi connectivity index (χ4n) is 2.65. The number of piperidine rings is 1. The molecule has 2 unspecified atom stereocenters. The molecule has 0 aromatic rings. The van der Waals surface area contributed by atoms with E-state index in [1.807, 2.05) is 0 Å². The maximum Gasteiger partial charge on any atom is 0.173 e. The van der Waals surface area contributed by atoms with Gasteiger partial charge >= 0.3 is 0 Å². The maximum atomic E-state index is 11.2. The van der Waals surface area contributed by atoms with Gasteiger partial charge in [0.05, 0.1) is 5.75 Å². The molecule has 2 aliphatic heterocycles. The molecule has 17 heavy (non-hydrogen) atoms. The van der Waals surface area contributed by atoms with Gasteiger partial charge in [-0.3, -0.25) is 0 Å². The van der Waals surface area contributed by atoms with Crippen molar-refractivity contribution in [3.63, 3.8) is 0 Å². The van der Waals surface area contributed by atoms with Crippen LogP contribution in [0, 0.1) is 0 Å². The molecule has 4 nitrogen and oxygen atoms in total. The van der Waals surface area contributed by atoms with Crippen LogP contribution in [-0.2, 0) is 9.84 Å². The highest BCUT2D eigenvalue weighted by Crippen LogP contribution is 2.17. The minimum Gasteiger partial charge on any atom is -0.309 e. The minimum atomic E-state index is -2.91. The van der Waals surface area contributed by atoms with Crippen LogP contribution in [0.15, 0.2) is 11.5 Å². The number of nitrogens with zero attached hydrogens (tertiary/aromatic N) is 1. The van der Waals surface area contributed by atoms with Crippen molar-refractivity contribution in [3.8, 4) is 0 Å². The van der Waals surface area contributed by atoms with Crippen LogP contribution in [0.3, 0.4) is 0 Å². The van der Waals surface area contributed by atoms with Crippen LogP contribution in [0.4, 0.5) is 0 Å². The molecule has 1 saturated heterocycles. The quantitative estimate of drug-likeness (QED) is 0.809. The molecular formula is C12H22N2O2S. The zero-order chi connectivity index (χ0) is 12.3. The smallest absolute Gasteiger partial charge is 0.173 e. The molecule has 0 bridgehead atoms. The van der Waals surface area contributed by atoms with Crippen LogP contribution in [0.1, 0.15) is 25.7 Å². The lowest BCUT2D eigenvalue weighted by atomic mass is 10.00. The lowest BCUT2D eigenvalue weighted by Gasteiger charge is -2.32. The Balaban J connectivity index is 1.68. The zero-order valence-corrected chi connectivity index (χ0v) is 11.2. The average Bonchev–Trinajstić information content (AvgIpc) is 2.61. The molecule has 0 aromatic carbocycles. The molecular weight excluding hydrogens is 236 g/mol. The largest absolute Gasteiger partial charge is 0.309 e. The first-order valence-corrected chi connectivity index (χ1v) is 8.13. The van der Waals surface area contributed by atoms with Gasteiger partial charge in [0.25, 0.3) is 0 Å². The Morgan fingerprint density at radius 1 is 1.41 bits per heavy atom. The SMILES string of the molecule is CN1CCCCC1CCNC1C=CS(=O)(=O)C1. The summed E-state index contributed by atoms with van der Waals surface area (Å²) in [6, 6.07) is 0.687. The first kappa shape index (κ1) is 13.1. The van der Waals surface area contributed by atoms with E-state index in [1.165, 1.54) is 31.2 Å². The van der Waals surface area contributed by atoms with E-state index < -0.39 is 9.84 Å². The Morgan fingerprint density at radius 2 is 2.24 bits per heavy atom. The van der Waals surface area contributed by atoms with Gasteiger partial charge in [-0.2, -0.15) is 0 Å². The molecule has 0 amide bonds. The summed E-state index contributed by atoms with van der Waals surface area (Å²) in [5, 5.41) is 4.64. The summed E-state index contributed by atoms with van der Waals surface area (Å²) < 4.78 is 22.4. The van der Waals surface area contributed by atoms with Gasteiger partial charge in [0, 0.05) is 17.5 Å². The van der Waals surface area contributed by atoms with E-state index in [0.717, 1.165) is 13.0 Å². The van der Waals surface area contributed by atoms with E-state index >= 15 is 0 Å². The van der Waals surface area contributed by atoms with Gasteiger partial charge in [0.15, 0.2) is 9.84 Å². The normalized spacial score (nSPS) is 33.0. The Bertz CT molecular complexity index is 378. The number of hydrogen-bond acceptors (Lipinski definition) is 4. The third-order valence-corrected chi connectivity index (χ3v) is 5.13. The molecule has 2 atom stereocenters. The number of sulfone groups is 1. The fraction of sp³-hybridized carbons (Fsp3) is 0.833. The van der Waals surface area contributed by atoms with Crippen molar-refractivity contribution in [1.82, 2.24) is 10.2 Å². The lowest BCUT2D eigenvalue weighted by molar-refractivity contribution is 0.175. The molecule has 0 aromatic heterocycles. The zero-order valence-electron chi connectivity index (χ0n) is 10.4. The molecule has 1 N–H and O–H groups in total. The van der Waals surface area contributed by atoms with Crippen molar-refractivity contribution in [3.05, 3.63) is 11.5 Å². The van der Waals surface area contributed by atoms with E-state index in [9.17, 15) is 8.42 Å². The van der Waals surface area contributed by atoms with Gasteiger partial charge in [-0.05, 0) is 39.4 Å². The molecule has 1 fully saturated rings. The van der Waals surface area contributed by atoms with Crippen molar-refractivity contribution in [2.24, 2.45) is 0 Å². The lowest BCUT2D eigenvalue weighted by Crippen LogP contribution is -2.40. The van der Waals surface area contributed by atoms with Gasteiger partial charge in [-0.15, -0.1) is 0 Å². The number of hydrogen-bond donors (Lipinski definition) is 1. The van der Waals surface area contributed by atoms with Crippen LogP contribution in [-0.4, -0.2) is 51.3 Å². The van der Waals surface area contributed by atoms with Gasteiger partial charge < -0.3 is 10.2 Å². The van der Waals surface area contributed by atoms with Gasteiger partial charge in [0.1, 0.15) is 0 Å². The molecule has 0 spiro atoms. The van der Waals surface area contributed by atoms with E-state index in [1.54, 1.807) is 6.08 Å². The molecule has 0 saturated carbocycles. The second-order valence-electron chi connectivity index (χ2n) is 5.14. The number of likely N-dealkylation sites (tertiary alicyclic amines) is 1. The summed E-state index contributed by atoms with van der Waals surface area (Å²) in [6.45, 7) is 2.10. The first-order valence-electron chi connectivity index (χ1n) is 6.41. The monoisotopic (exact) mass is 258 g/mol. The van der Waals surface area contributed by atoms with E-state index in [2.05, 4.69) is 17.3 Å². The van der Waals surface area contributed by atoms with E-state index in [-0.39, 0.29) is 11.8 Å². The summed E-state index contributed by atoms with van der Waals surface area (Å²) in [5.74, 6) is 0.230. The summed E-state index contributed by atoms with van der Waals surface area (Å²) >= 11 is 0. The van der Waals surface area contributed by atoms with Crippen molar-refractivity contribution >= 4 is 9.84 Å². The van der Waals surface area contributed by atoms with E-state index in [4.69, 9.17) is 0 Å². The van der Waals surface area contributed by atoms with Crippen molar-refractivity contribution in [2.75, 3.05) is 25.9 Å². The van der Waals surface area contributed by atoms with Crippen molar-refractivity contribution in [2.45, 2.75) is 37.8 Å². The Morgan fingerprint density at radius 3 is 2.88 bits per heavy atom. The van der Waals surface area contributed by atoms with Gasteiger partial charge in [0.2, 0.25) is 0 Å². The third kappa shape index (κ3) is 3.79. The molecule has 2 aliphatic rings. The standard InChI is InChI=1S/C12H22N2O2S/c1-14-8-3-2-4-12(14)5-7-13-11-6-9-17(15,16)10-11/h6,9,11-13H,2-5,7-8,10H2,1H3.